The third-order valence-corrected chi connectivity index (χ3v) is 5.87. The Morgan fingerprint density at radius 3 is 2.35 bits per heavy atom. The number of halogens is 3. The number of hydrogen-bond acceptors (Lipinski definition) is 5. The first-order valence-electron chi connectivity index (χ1n) is 9.17. The van der Waals surface area contributed by atoms with Crippen molar-refractivity contribution >= 4 is 36.7 Å². The molecule has 1 fully saturated rings. The highest BCUT2D eigenvalue weighted by atomic mass is 32.2. The van der Waals surface area contributed by atoms with Crippen molar-refractivity contribution < 1.29 is 32.3 Å². The number of imide groups is 1. The summed E-state index contributed by atoms with van der Waals surface area (Å²) >= 11 is 0.894. The molecule has 2 aromatic rings. The Morgan fingerprint density at radius 1 is 1.16 bits per heavy atom. The van der Waals surface area contributed by atoms with Crippen molar-refractivity contribution in [2.24, 2.45) is 0 Å². The van der Waals surface area contributed by atoms with E-state index in [0.717, 1.165) is 23.9 Å². The van der Waals surface area contributed by atoms with Crippen molar-refractivity contribution in [1.82, 2.24) is 10.6 Å². The molecule has 1 saturated heterocycles. The Labute approximate surface area is 181 Å². The summed E-state index contributed by atoms with van der Waals surface area (Å²) in [4.78, 5) is 36.3. The molecule has 0 bridgehead atoms. The molecule has 0 spiro atoms. The fourth-order valence-electron chi connectivity index (χ4n) is 3.14. The molecule has 162 valence electrons. The van der Waals surface area contributed by atoms with Gasteiger partial charge in [0.05, 0.1) is 22.9 Å². The van der Waals surface area contributed by atoms with Gasteiger partial charge in [0.25, 0.3) is 11.1 Å². The van der Waals surface area contributed by atoms with Crippen molar-refractivity contribution in [2.45, 2.75) is 23.8 Å². The average molecular weight is 450 g/mol. The van der Waals surface area contributed by atoms with Gasteiger partial charge in [-0.1, -0.05) is 30.0 Å². The lowest BCUT2D eigenvalue weighted by Crippen LogP contribution is -2.39. The monoisotopic (exact) mass is 450 g/mol. The second kappa shape index (κ2) is 8.66. The number of benzene rings is 2. The molecule has 0 unspecified atom stereocenters. The van der Waals surface area contributed by atoms with Crippen LogP contribution in [0.5, 0.6) is 5.75 Å². The maximum atomic E-state index is 12.7. The normalized spacial score (nSPS) is 18.6. The average Bonchev–Trinajstić information content (AvgIpc) is 2.96. The first-order valence-corrected chi connectivity index (χ1v) is 9.99. The van der Waals surface area contributed by atoms with Crippen LogP contribution in [-0.4, -0.2) is 36.7 Å². The zero-order valence-corrected chi connectivity index (χ0v) is 17.4. The van der Waals surface area contributed by atoms with Gasteiger partial charge in [0, 0.05) is 6.54 Å². The van der Waals surface area contributed by atoms with E-state index >= 15 is 0 Å². The summed E-state index contributed by atoms with van der Waals surface area (Å²) in [6, 6.07) is 9.36. The Balaban J connectivity index is 1.73. The molecule has 0 saturated carbocycles. The van der Waals surface area contributed by atoms with Crippen LogP contribution in [0.4, 0.5) is 18.0 Å². The van der Waals surface area contributed by atoms with E-state index in [1.165, 1.54) is 19.2 Å². The van der Waals surface area contributed by atoms with Gasteiger partial charge < -0.3 is 10.1 Å². The number of carbonyl (C=O) groups is 3. The van der Waals surface area contributed by atoms with E-state index in [-0.39, 0.29) is 18.5 Å². The van der Waals surface area contributed by atoms with E-state index in [1.807, 2.05) is 0 Å². The van der Waals surface area contributed by atoms with Crippen LogP contribution in [0.15, 0.2) is 42.5 Å². The lowest BCUT2D eigenvalue weighted by atomic mass is 9.80. The molecule has 3 rings (SSSR count). The summed E-state index contributed by atoms with van der Waals surface area (Å²) in [5.41, 5.74) is 0.602. The highest BCUT2D eigenvalue weighted by molar-refractivity contribution is 8.17. The number of rotatable bonds is 6. The van der Waals surface area contributed by atoms with Crippen molar-refractivity contribution in [1.29, 1.82) is 0 Å². The van der Waals surface area contributed by atoms with E-state index in [9.17, 15) is 27.6 Å². The second-order valence-electron chi connectivity index (χ2n) is 7.16. The molecule has 0 aromatic heterocycles. The highest BCUT2D eigenvalue weighted by Gasteiger charge is 2.43. The summed E-state index contributed by atoms with van der Waals surface area (Å²) in [6.45, 7) is 0.0226. The molecule has 6 nitrogen and oxygen atoms in total. The number of alkyl halides is 3. The van der Waals surface area contributed by atoms with Gasteiger partial charge in [-0.25, -0.2) is 0 Å². The molecule has 1 aliphatic rings. The third-order valence-electron chi connectivity index (χ3n) is 4.80. The number of methoxy groups -OCH3 is 1. The quantitative estimate of drug-likeness (QED) is 0.661. The van der Waals surface area contributed by atoms with E-state index < -0.39 is 33.4 Å². The SMILES string of the molecule is B[C@@]1(Cc2ccc(OC)c(C(=O)NCc3ccc(C(F)(F)F)cc3)c2)SC(=O)NC1=O. The minimum absolute atomic E-state index is 0.0226. The largest absolute Gasteiger partial charge is 0.496 e. The second-order valence-corrected chi connectivity index (χ2v) is 8.64. The Morgan fingerprint density at radius 2 is 1.81 bits per heavy atom. The van der Waals surface area contributed by atoms with Crippen LogP contribution in [0.3, 0.4) is 0 Å². The van der Waals surface area contributed by atoms with Gasteiger partial charge in [0.15, 0.2) is 0 Å². The van der Waals surface area contributed by atoms with Gasteiger partial charge in [-0.2, -0.15) is 13.2 Å². The maximum absolute atomic E-state index is 12.7. The Bertz CT molecular complexity index is 1030. The molecule has 0 radical (unpaired) electrons. The standard InChI is InChI=1S/C20H18BF3N2O4S/c1-30-15-7-4-12(9-19(21)17(28)26-18(29)31-19)8-14(15)16(27)25-10-11-2-5-13(6-3-11)20(22,23)24/h2-8H,9-10,21H2,1H3,(H,25,27)(H,26,28,29)/t19-/m0/s1. The molecule has 3 amide bonds. The van der Waals surface area contributed by atoms with Gasteiger partial charge in [0.1, 0.15) is 13.6 Å². The summed E-state index contributed by atoms with van der Waals surface area (Å²) in [6.07, 6.45) is -4.20. The predicted molar refractivity (Wildman–Crippen MR) is 112 cm³/mol. The molecular weight excluding hydrogens is 432 g/mol. The zero-order chi connectivity index (χ0) is 22.8. The first-order chi connectivity index (χ1) is 14.5. The number of hydrogen-bond donors (Lipinski definition) is 2. The van der Waals surface area contributed by atoms with Crippen LogP contribution in [0.1, 0.15) is 27.0 Å². The molecule has 0 aliphatic carbocycles. The van der Waals surface area contributed by atoms with Crippen molar-refractivity contribution in [3.05, 3.63) is 64.7 Å². The number of thioether (sulfide) groups is 1. The van der Waals surface area contributed by atoms with Crippen LogP contribution in [0, 0.1) is 0 Å². The molecule has 31 heavy (non-hydrogen) atoms. The molecule has 1 atom stereocenters. The summed E-state index contributed by atoms with van der Waals surface area (Å²) in [7, 11) is 3.05. The Hall–Kier alpha value is -2.95. The molecule has 2 N–H and O–H groups in total. The summed E-state index contributed by atoms with van der Waals surface area (Å²) in [5.74, 6) is -0.576. The zero-order valence-electron chi connectivity index (χ0n) is 16.6. The first kappa shape index (κ1) is 22.7. The van der Waals surface area contributed by atoms with Gasteiger partial charge in [-0.05, 0) is 41.8 Å². The molecule has 11 heteroatoms. The van der Waals surface area contributed by atoms with Crippen LogP contribution in [-0.2, 0) is 23.9 Å². The van der Waals surface area contributed by atoms with Crippen molar-refractivity contribution in [2.75, 3.05) is 7.11 Å². The van der Waals surface area contributed by atoms with E-state index in [0.29, 0.717) is 16.9 Å². The van der Waals surface area contributed by atoms with Gasteiger partial charge in [0.2, 0.25) is 5.91 Å². The highest BCUT2D eigenvalue weighted by Crippen LogP contribution is 2.33. The number of carbonyl (C=O) groups excluding carboxylic acids is 3. The molecule has 1 aliphatic heterocycles. The number of ether oxygens (including phenoxy) is 1. The fraction of sp³-hybridized carbons (Fsp3) is 0.250. The van der Waals surface area contributed by atoms with Crippen molar-refractivity contribution in [3.63, 3.8) is 0 Å². The lowest BCUT2D eigenvalue weighted by Gasteiger charge is -2.19. The topological polar surface area (TPSA) is 84.5 Å². The van der Waals surface area contributed by atoms with Crippen LogP contribution in [0.2, 0.25) is 0 Å². The molecular formula is C20H18BF3N2O4S. The van der Waals surface area contributed by atoms with Crippen LogP contribution in [0.25, 0.3) is 0 Å². The van der Waals surface area contributed by atoms with Gasteiger partial charge in [-0.15, -0.1) is 0 Å². The minimum atomic E-state index is -4.43. The van der Waals surface area contributed by atoms with E-state index in [1.54, 1.807) is 26.0 Å². The number of amides is 3. The predicted octanol–water partition coefficient (Wildman–Crippen LogP) is 2.50. The molecule has 2 aromatic carbocycles. The van der Waals surface area contributed by atoms with Gasteiger partial charge in [-0.3, -0.25) is 19.7 Å². The fourth-order valence-corrected chi connectivity index (χ4v) is 4.07. The van der Waals surface area contributed by atoms with E-state index in [2.05, 4.69) is 10.6 Å². The minimum Gasteiger partial charge on any atom is -0.496 e. The van der Waals surface area contributed by atoms with E-state index in [4.69, 9.17) is 4.74 Å². The summed E-state index contributed by atoms with van der Waals surface area (Å²) in [5, 5.41) is 4.48. The smallest absolute Gasteiger partial charge is 0.416 e. The lowest BCUT2D eigenvalue weighted by molar-refractivity contribution is -0.137. The Kier molecular flexibility index (Phi) is 6.35. The van der Waals surface area contributed by atoms with Crippen LogP contribution < -0.4 is 15.4 Å². The summed E-state index contributed by atoms with van der Waals surface area (Å²) < 4.78 is 42.2. The van der Waals surface area contributed by atoms with Crippen molar-refractivity contribution in [3.8, 4) is 5.75 Å². The maximum Gasteiger partial charge on any atom is 0.416 e. The third kappa shape index (κ3) is 5.22. The number of nitrogens with one attached hydrogen (secondary N) is 2. The van der Waals surface area contributed by atoms with Crippen LogP contribution >= 0.6 is 11.8 Å². The van der Waals surface area contributed by atoms with Gasteiger partial charge >= 0.3 is 6.18 Å². The molecule has 1 heterocycles.